The molecule has 1 unspecified atom stereocenters. The second-order valence-corrected chi connectivity index (χ2v) is 10.6. The van der Waals surface area contributed by atoms with Crippen LogP contribution in [0.3, 0.4) is 0 Å². The molecule has 2 atom stereocenters. The first-order valence-corrected chi connectivity index (χ1v) is 13.6. The Morgan fingerprint density at radius 2 is 1.86 bits per heavy atom. The highest BCUT2D eigenvalue weighted by Gasteiger charge is 2.35. The van der Waals surface area contributed by atoms with Gasteiger partial charge in [0, 0.05) is 74.0 Å². The summed E-state index contributed by atoms with van der Waals surface area (Å²) in [5, 5.41) is 11.5. The van der Waals surface area contributed by atoms with Crippen molar-refractivity contribution in [3.05, 3.63) is 64.5 Å². The number of pyridine rings is 1. The lowest BCUT2D eigenvalue weighted by Gasteiger charge is -2.48. The molecule has 0 radical (unpaired) electrons. The fourth-order valence-corrected chi connectivity index (χ4v) is 6.18. The predicted molar refractivity (Wildman–Crippen MR) is 146 cm³/mol. The quantitative estimate of drug-likeness (QED) is 0.455. The molecule has 2 aromatic heterocycles. The molecule has 1 aromatic carbocycles. The number of benzene rings is 1. The lowest BCUT2D eigenvalue weighted by atomic mass is 9.96. The first-order valence-electron chi connectivity index (χ1n) is 12.8. The molecule has 9 heteroatoms. The highest BCUT2D eigenvalue weighted by molar-refractivity contribution is 6.33. The molecule has 2 fully saturated rings. The van der Waals surface area contributed by atoms with Crippen molar-refractivity contribution >= 4 is 29.0 Å². The van der Waals surface area contributed by atoms with Crippen LogP contribution in [-0.4, -0.2) is 81.3 Å². The molecule has 2 aliphatic rings. The molecule has 2 saturated heterocycles. The van der Waals surface area contributed by atoms with Crippen molar-refractivity contribution in [1.29, 1.82) is 0 Å². The summed E-state index contributed by atoms with van der Waals surface area (Å²) in [7, 11) is 0. The van der Waals surface area contributed by atoms with E-state index in [0.717, 1.165) is 79.8 Å². The van der Waals surface area contributed by atoms with Crippen LogP contribution in [-0.2, 0) is 0 Å². The van der Waals surface area contributed by atoms with Gasteiger partial charge < -0.3 is 15.0 Å². The first-order chi connectivity index (χ1) is 17.6. The fourth-order valence-electron chi connectivity index (χ4n) is 5.77. The molecule has 0 aliphatic carbocycles. The highest BCUT2D eigenvalue weighted by Crippen LogP contribution is 2.32. The molecular weight excluding hydrogens is 495 g/mol. The minimum atomic E-state index is 0.0272. The standard InChI is InChI=1S/C27H34Cl2N6O/c1-2-22-17-34(27-24(29)15-20(16-32-27)26-30-9-10-31-26)13-14-35(22)23-7-11-33(12-8-23)25(18-36)19-3-5-21(28)6-4-19/h3-6,9-10,15-16,22-23,25,36H,2,7-8,11-14,17-18H2,1H3,(H,30,31)/t22?,25-/m0/s1. The highest BCUT2D eigenvalue weighted by atomic mass is 35.5. The number of aliphatic hydroxyl groups excluding tert-OH is 1. The van der Waals surface area contributed by atoms with E-state index in [4.69, 9.17) is 28.2 Å². The van der Waals surface area contributed by atoms with Crippen molar-refractivity contribution < 1.29 is 5.11 Å². The van der Waals surface area contributed by atoms with Gasteiger partial charge in [0.1, 0.15) is 11.6 Å². The smallest absolute Gasteiger partial charge is 0.147 e. The van der Waals surface area contributed by atoms with Crippen LogP contribution in [0.5, 0.6) is 0 Å². The monoisotopic (exact) mass is 528 g/mol. The number of piperazine rings is 1. The van der Waals surface area contributed by atoms with E-state index in [0.29, 0.717) is 17.1 Å². The number of likely N-dealkylation sites (tertiary alicyclic amines) is 1. The van der Waals surface area contributed by atoms with E-state index in [9.17, 15) is 5.11 Å². The Morgan fingerprint density at radius 3 is 2.50 bits per heavy atom. The summed E-state index contributed by atoms with van der Waals surface area (Å²) in [6, 6.07) is 10.9. The summed E-state index contributed by atoms with van der Waals surface area (Å²) in [4.78, 5) is 19.6. The normalized spacial score (nSPS) is 21.1. The molecule has 2 aliphatic heterocycles. The number of halogens is 2. The number of aromatic amines is 1. The molecule has 0 spiro atoms. The minimum absolute atomic E-state index is 0.0272. The maximum Gasteiger partial charge on any atom is 0.147 e. The van der Waals surface area contributed by atoms with Gasteiger partial charge in [0.25, 0.3) is 0 Å². The molecule has 5 rings (SSSR count). The Kier molecular flexibility index (Phi) is 8.13. The van der Waals surface area contributed by atoms with Gasteiger partial charge in [-0.15, -0.1) is 0 Å². The fraction of sp³-hybridized carbons (Fsp3) is 0.481. The average molecular weight is 530 g/mol. The number of imidazole rings is 1. The van der Waals surface area contributed by atoms with Crippen molar-refractivity contribution in [2.24, 2.45) is 0 Å². The lowest BCUT2D eigenvalue weighted by Crippen LogP contribution is -2.58. The van der Waals surface area contributed by atoms with E-state index >= 15 is 0 Å². The number of anilines is 1. The van der Waals surface area contributed by atoms with Crippen molar-refractivity contribution in [2.75, 3.05) is 44.2 Å². The van der Waals surface area contributed by atoms with Gasteiger partial charge in [-0.25, -0.2) is 9.97 Å². The largest absolute Gasteiger partial charge is 0.394 e. The second-order valence-electron chi connectivity index (χ2n) is 9.73. The Hall–Kier alpha value is -2.16. The number of nitrogens with one attached hydrogen (secondary N) is 1. The predicted octanol–water partition coefficient (Wildman–Crippen LogP) is 4.88. The summed E-state index contributed by atoms with van der Waals surface area (Å²) in [6.07, 6.45) is 8.68. The summed E-state index contributed by atoms with van der Waals surface area (Å²) in [6.45, 7) is 7.19. The average Bonchev–Trinajstić information content (AvgIpc) is 3.45. The molecule has 0 saturated carbocycles. The van der Waals surface area contributed by atoms with Gasteiger partial charge in [-0.05, 0) is 43.0 Å². The Bertz CT molecular complexity index is 1120. The third-order valence-corrected chi connectivity index (χ3v) is 8.26. The summed E-state index contributed by atoms with van der Waals surface area (Å²) in [5.74, 6) is 1.63. The summed E-state index contributed by atoms with van der Waals surface area (Å²) < 4.78 is 0. The van der Waals surface area contributed by atoms with E-state index in [2.05, 4.69) is 31.6 Å². The maximum atomic E-state index is 10.1. The topological polar surface area (TPSA) is 71.5 Å². The molecule has 4 heterocycles. The van der Waals surface area contributed by atoms with Crippen LogP contribution in [0, 0.1) is 0 Å². The van der Waals surface area contributed by atoms with Gasteiger partial charge in [0.05, 0.1) is 17.7 Å². The SMILES string of the molecule is CCC1CN(c2ncc(-c3ncc[nH]3)cc2Cl)CCN1C1CCN([C@@H](CO)c2ccc(Cl)cc2)CC1. The third kappa shape index (κ3) is 5.41. The van der Waals surface area contributed by atoms with Crippen molar-refractivity contribution in [3.8, 4) is 11.4 Å². The summed E-state index contributed by atoms with van der Waals surface area (Å²) in [5.41, 5.74) is 2.02. The number of aromatic nitrogens is 3. The lowest BCUT2D eigenvalue weighted by molar-refractivity contribution is 0.0356. The molecule has 0 bridgehead atoms. The number of hydrogen-bond acceptors (Lipinski definition) is 6. The minimum Gasteiger partial charge on any atom is -0.394 e. The second kappa shape index (κ2) is 11.5. The molecule has 192 valence electrons. The molecule has 7 nitrogen and oxygen atoms in total. The van der Waals surface area contributed by atoms with Gasteiger partial charge in [-0.1, -0.05) is 42.3 Å². The molecular formula is C27H34Cl2N6O. The number of rotatable bonds is 7. The van der Waals surface area contributed by atoms with Crippen LogP contribution in [0.4, 0.5) is 5.82 Å². The maximum absolute atomic E-state index is 10.1. The van der Waals surface area contributed by atoms with Gasteiger partial charge in [0.2, 0.25) is 0 Å². The molecule has 3 aromatic rings. The van der Waals surface area contributed by atoms with E-state index in [1.54, 1.807) is 12.4 Å². The van der Waals surface area contributed by atoms with Crippen molar-refractivity contribution in [1.82, 2.24) is 24.8 Å². The number of H-pyrrole nitrogens is 1. The van der Waals surface area contributed by atoms with E-state index in [1.807, 2.05) is 36.5 Å². The van der Waals surface area contributed by atoms with Crippen LogP contribution < -0.4 is 4.90 Å². The van der Waals surface area contributed by atoms with Gasteiger partial charge in [-0.2, -0.15) is 0 Å². The van der Waals surface area contributed by atoms with E-state index in [1.165, 1.54) is 0 Å². The zero-order valence-corrected chi connectivity index (χ0v) is 22.2. The van der Waals surface area contributed by atoms with Gasteiger partial charge in [-0.3, -0.25) is 9.80 Å². The number of piperidine rings is 1. The zero-order chi connectivity index (χ0) is 25.1. The van der Waals surface area contributed by atoms with Crippen LogP contribution in [0.25, 0.3) is 11.4 Å². The number of aliphatic hydroxyl groups is 1. The molecule has 36 heavy (non-hydrogen) atoms. The van der Waals surface area contributed by atoms with Crippen LogP contribution in [0.1, 0.15) is 37.8 Å². The number of hydrogen-bond donors (Lipinski definition) is 2. The van der Waals surface area contributed by atoms with Crippen LogP contribution in [0.15, 0.2) is 48.9 Å². The Balaban J connectivity index is 1.21. The first kappa shape index (κ1) is 25.5. The van der Waals surface area contributed by atoms with Crippen LogP contribution in [0.2, 0.25) is 10.0 Å². The van der Waals surface area contributed by atoms with Crippen molar-refractivity contribution in [2.45, 2.75) is 44.3 Å². The van der Waals surface area contributed by atoms with Gasteiger partial charge in [0.15, 0.2) is 0 Å². The number of nitrogens with zero attached hydrogens (tertiary/aromatic N) is 5. The van der Waals surface area contributed by atoms with Crippen molar-refractivity contribution in [3.63, 3.8) is 0 Å². The zero-order valence-electron chi connectivity index (χ0n) is 20.7. The Morgan fingerprint density at radius 1 is 1.08 bits per heavy atom. The van der Waals surface area contributed by atoms with Crippen LogP contribution >= 0.6 is 23.2 Å². The van der Waals surface area contributed by atoms with E-state index < -0.39 is 0 Å². The molecule has 2 N–H and O–H groups in total. The molecule has 0 amide bonds. The summed E-state index contributed by atoms with van der Waals surface area (Å²) >= 11 is 12.7. The van der Waals surface area contributed by atoms with Gasteiger partial charge >= 0.3 is 0 Å². The van der Waals surface area contributed by atoms with E-state index in [-0.39, 0.29) is 12.6 Å². The Labute approximate surface area is 223 Å². The third-order valence-electron chi connectivity index (χ3n) is 7.73.